The first-order valence-electron chi connectivity index (χ1n) is 2.38. The van der Waals surface area contributed by atoms with Crippen molar-refractivity contribution in [3.8, 4) is 0 Å². The molecule has 0 aromatic heterocycles. The summed E-state index contributed by atoms with van der Waals surface area (Å²) in [7, 11) is 0. The Morgan fingerprint density at radius 2 is 2.00 bits per heavy atom. The van der Waals surface area contributed by atoms with Gasteiger partial charge >= 0.3 is 5.97 Å². The summed E-state index contributed by atoms with van der Waals surface area (Å²) in [6, 6.07) is 0. The maximum absolute atomic E-state index is 10.4. The first kappa shape index (κ1) is 9.25. The van der Waals surface area contributed by atoms with Crippen LogP contribution in [0.15, 0.2) is 0 Å². The third kappa shape index (κ3) is 1.39. The van der Waals surface area contributed by atoms with Crippen molar-refractivity contribution < 1.29 is 14.7 Å². The molecule has 0 aliphatic rings. The van der Waals surface area contributed by atoms with Crippen molar-refractivity contribution in [1.82, 2.24) is 0 Å². The van der Waals surface area contributed by atoms with Gasteiger partial charge in [-0.15, -0.1) is 0 Å². The summed E-state index contributed by atoms with van der Waals surface area (Å²) in [5, 5.41) is 8.33. The molecule has 0 bridgehead atoms. The monoisotopic (exact) mass is 164 g/mol. The SMILES string of the molecule is NC(=O)C(N)(CS)C(=O)O. The smallest absolute Gasteiger partial charge is 0.334 e. The molecule has 0 rings (SSSR count). The molecule has 0 saturated carbocycles. The van der Waals surface area contributed by atoms with E-state index in [0.29, 0.717) is 0 Å². The second-order valence-corrected chi connectivity index (χ2v) is 2.12. The minimum Gasteiger partial charge on any atom is -0.479 e. The van der Waals surface area contributed by atoms with Gasteiger partial charge in [0.2, 0.25) is 11.4 Å². The normalized spacial score (nSPS) is 15.8. The quantitative estimate of drug-likeness (QED) is 0.291. The molecular weight excluding hydrogens is 156 g/mol. The summed E-state index contributed by atoms with van der Waals surface area (Å²) in [5.41, 5.74) is 7.68. The minimum atomic E-state index is -2.04. The molecule has 0 aliphatic carbocycles. The van der Waals surface area contributed by atoms with Crippen LogP contribution in [0, 0.1) is 0 Å². The number of primary amides is 1. The van der Waals surface area contributed by atoms with Crippen molar-refractivity contribution in [3.63, 3.8) is 0 Å². The lowest BCUT2D eigenvalue weighted by atomic mass is 10.0. The third-order valence-electron chi connectivity index (χ3n) is 1.07. The predicted molar refractivity (Wildman–Crippen MR) is 37.6 cm³/mol. The van der Waals surface area contributed by atoms with E-state index in [1.165, 1.54) is 0 Å². The van der Waals surface area contributed by atoms with Crippen molar-refractivity contribution in [3.05, 3.63) is 0 Å². The second kappa shape index (κ2) is 2.89. The molecule has 58 valence electrons. The summed E-state index contributed by atoms with van der Waals surface area (Å²) in [6.07, 6.45) is 0. The molecule has 1 unspecified atom stereocenters. The maximum atomic E-state index is 10.4. The summed E-state index contributed by atoms with van der Waals surface area (Å²) in [5.74, 6) is -2.86. The van der Waals surface area contributed by atoms with Crippen LogP contribution in [0.5, 0.6) is 0 Å². The fraction of sp³-hybridized carbons (Fsp3) is 0.500. The van der Waals surface area contributed by atoms with Gasteiger partial charge in [0.05, 0.1) is 0 Å². The Morgan fingerprint density at radius 1 is 1.60 bits per heavy atom. The van der Waals surface area contributed by atoms with Crippen LogP contribution in [-0.4, -0.2) is 28.3 Å². The lowest BCUT2D eigenvalue weighted by Crippen LogP contribution is -2.59. The molecule has 0 radical (unpaired) electrons. The van der Waals surface area contributed by atoms with Crippen LogP contribution in [-0.2, 0) is 9.59 Å². The van der Waals surface area contributed by atoms with E-state index in [2.05, 4.69) is 18.4 Å². The molecule has 10 heavy (non-hydrogen) atoms. The Labute approximate surface area is 62.8 Å². The van der Waals surface area contributed by atoms with E-state index >= 15 is 0 Å². The highest BCUT2D eigenvalue weighted by Gasteiger charge is 2.38. The fourth-order valence-electron chi connectivity index (χ4n) is 0.251. The van der Waals surface area contributed by atoms with Gasteiger partial charge in [-0.3, -0.25) is 4.79 Å². The first-order valence-corrected chi connectivity index (χ1v) is 3.01. The number of nitrogens with two attached hydrogens (primary N) is 2. The number of carbonyl (C=O) groups excluding carboxylic acids is 1. The fourth-order valence-corrected chi connectivity index (χ4v) is 0.542. The molecular formula is C4H8N2O3S. The third-order valence-corrected chi connectivity index (χ3v) is 1.57. The number of hydrogen-bond acceptors (Lipinski definition) is 4. The summed E-state index contributed by atoms with van der Waals surface area (Å²) < 4.78 is 0. The van der Waals surface area contributed by atoms with Crippen LogP contribution >= 0.6 is 12.6 Å². The number of hydrogen-bond donors (Lipinski definition) is 4. The van der Waals surface area contributed by atoms with Gasteiger partial charge in [-0.2, -0.15) is 12.6 Å². The predicted octanol–water partition coefficient (Wildman–Crippen LogP) is -1.82. The van der Waals surface area contributed by atoms with Crippen LogP contribution in [0.4, 0.5) is 0 Å². The van der Waals surface area contributed by atoms with E-state index in [-0.39, 0.29) is 5.75 Å². The molecule has 0 spiro atoms. The van der Waals surface area contributed by atoms with Gasteiger partial charge in [-0.05, 0) is 0 Å². The van der Waals surface area contributed by atoms with Crippen molar-refractivity contribution in [2.45, 2.75) is 5.54 Å². The van der Waals surface area contributed by atoms with Gasteiger partial charge in [-0.1, -0.05) is 0 Å². The standard InChI is InChI=1S/C4H8N2O3S/c5-2(7)4(6,1-10)3(8)9/h10H,1,6H2,(H2,5,7)(H,8,9). The molecule has 0 saturated heterocycles. The molecule has 0 heterocycles. The average molecular weight is 164 g/mol. The zero-order valence-corrected chi connectivity index (χ0v) is 5.97. The Kier molecular flexibility index (Phi) is 2.67. The highest BCUT2D eigenvalue weighted by molar-refractivity contribution is 7.80. The largest absolute Gasteiger partial charge is 0.479 e. The highest BCUT2D eigenvalue weighted by Crippen LogP contribution is 2.01. The van der Waals surface area contributed by atoms with Gasteiger partial charge in [-0.25, -0.2) is 4.79 Å². The average Bonchev–Trinajstić information content (AvgIpc) is 1.85. The van der Waals surface area contributed by atoms with E-state index in [1.54, 1.807) is 0 Å². The van der Waals surface area contributed by atoms with Crippen LogP contribution < -0.4 is 11.5 Å². The minimum absolute atomic E-state index is 0.308. The summed E-state index contributed by atoms with van der Waals surface area (Å²) >= 11 is 3.57. The number of thiol groups is 1. The molecule has 0 aromatic carbocycles. The first-order chi connectivity index (χ1) is 4.45. The lowest BCUT2D eigenvalue weighted by Gasteiger charge is -2.16. The molecule has 6 heteroatoms. The molecule has 5 nitrogen and oxygen atoms in total. The molecule has 1 amide bonds. The van der Waals surface area contributed by atoms with Crippen molar-refractivity contribution in [2.24, 2.45) is 11.5 Å². The number of carboxylic acids is 1. The van der Waals surface area contributed by atoms with Crippen LogP contribution in [0.1, 0.15) is 0 Å². The highest BCUT2D eigenvalue weighted by atomic mass is 32.1. The number of carbonyl (C=O) groups is 2. The Bertz CT molecular complexity index is 156. The van der Waals surface area contributed by atoms with Crippen LogP contribution in [0.2, 0.25) is 0 Å². The van der Waals surface area contributed by atoms with E-state index in [0.717, 1.165) is 0 Å². The van der Waals surface area contributed by atoms with Gasteiger partial charge in [0.25, 0.3) is 0 Å². The van der Waals surface area contributed by atoms with Gasteiger partial charge in [0.1, 0.15) is 0 Å². The van der Waals surface area contributed by atoms with Crippen LogP contribution in [0.3, 0.4) is 0 Å². The van der Waals surface area contributed by atoms with Crippen molar-refractivity contribution >= 4 is 24.5 Å². The van der Waals surface area contributed by atoms with E-state index in [1.807, 2.05) is 0 Å². The Hall–Kier alpha value is -0.750. The number of carboxylic acid groups (broad SMARTS) is 1. The number of rotatable bonds is 3. The van der Waals surface area contributed by atoms with Crippen molar-refractivity contribution in [1.29, 1.82) is 0 Å². The van der Waals surface area contributed by atoms with E-state index < -0.39 is 17.4 Å². The van der Waals surface area contributed by atoms with E-state index in [9.17, 15) is 9.59 Å². The van der Waals surface area contributed by atoms with Crippen LogP contribution in [0.25, 0.3) is 0 Å². The molecule has 1 atom stereocenters. The van der Waals surface area contributed by atoms with Crippen molar-refractivity contribution in [2.75, 3.05) is 5.75 Å². The Morgan fingerprint density at radius 3 is 2.00 bits per heavy atom. The molecule has 0 aromatic rings. The van der Waals surface area contributed by atoms with Gasteiger partial charge in [0.15, 0.2) is 0 Å². The zero-order valence-electron chi connectivity index (χ0n) is 5.07. The molecule has 0 fully saturated rings. The maximum Gasteiger partial charge on any atom is 0.334 e. The van der Waals surface area contributed by atoms with Gasteiger partial charge < -0.3 is 16.6 Å². The number of amides is 1. The topological polar surface area (TPSA) is 106 Å². The summed E-state index contributed by atoms with van der Waals surface area (Å²) in [6.45, 7) is 0. The molecule has 5 N–H and O–H groups in total. The molecule has 0 aliphatic heterocycles. The zero-order chi connectivity index (χ0) is 8.36. The lowest BCUT2D eigenvalue weighted by molar-refractivity contribution is -0.146. The summed E-state index contributed by atoms with van der Waals surface area (Å²) in [4.78, 5) is 20.6. The van der Waals surface area contributed by atoms with E-state index in [4.69, 9.17) is 10.8 Å². The Balaban J connectivity index is 4.55. The number of aliphatic carboxylic acids is 1. The van der Waals surface area contributed by atoms with Gasteiger partial charge in [0, 0.05) is 5.75 Å². The second-order valence-electron chi connectivity index (χ2n) is 1.80.